The normalized spacial score (nSPS) is 20.4. The van der Waals surface area contributed by atoms with Gasteiger partial charge in [0, 0.05) is 31.7 Å². The molecule has 2 aromatic heterocycles. The van der Waals surface area contributed by atoms with Crippen LogP contribution in [-0.2, 0) is 4.74 Å². The minimum Gasteiger partial charge on any atom is -0.488 e. The Balaban J connectivity index is 1.19. The molecule has 178 valence electrons. The Kier molecular flexibility index (Phi) is 5.63. The third kappa shape index (κ3) is 4.55. The van der Waals surface area contributed by atoms with Crippen LogP contribution in [0.15, 0.2) is 55.0 Å². The number of carbonyl (C=O) groups is 2. The molecule has 1 saturated heterocycles. The molecule has 0 radical (unpaired) electrons. The molecule has 2 aliphatic rings. The first-order valence-corrected chi connectivity index (χ1v) is 11.6. The molecule has 1 saturated carbocycles. The molecular weight excluding hydrogens is 434 g/mol. The van der Waals surface area contributed by atoms with Crippen LogP contribution in [0.4, 0.5) is 4.79 Å². The predicted molar refractivity (Wildman–Crippen MR) is 124 cm³/mol. The number of benzene rings is 1. The fourth-order valence-corrected chi connectivity index (χ4v) is 4.85. The summed E-state index contributed by atoms with van der Waals surface area (Å²) in [7, 11) is 0. The number of ether oxygens (including phenoxy) is 2. The van der Waals surface area contributed by atoms with Gasteiger partial charge in [0.25, 0.3) is 0 Å². The maximum absolute atomic E-state index is 13.0. The number of rotatable bonds is 4. The standard InChI is InChI=1S/C25H29N5O4/c1-25(2,3)34-23(31)20-9-12-30(27-20)24(32)28-15-17-13-19(14-18(17)16-28)33-22-8-5-4-7-21(22)29-11-6-10-26-29/h4-12,17-19H,13-16H2,1-3H3/t17-,18-/m1/s1. The number of aromatic nitrogens is 4. The molecule has 34 heavy (non-hydrogen) atoms. The fraction of sp³-hybridized carbons (Fsp3) is 0.440. The van der Waals surface area contributed by atoms with Gasteiger partial charge in [-0.3, -0.25) is 0 Å². The Bertz CT molecular complexity index is 1170. The number of hydrogen-bond donors (Lipinski definition) is 0. The van der Waals surface area contributed by atoms with Gasteiger partial charge in [0.1, 0.15) is 17.0 Å². The molecule has 1 aromatic carbocycles. The Hall–Kier alpha value is -3.62. The van der Waals surface area contributed by atoms with Crippen LogP contribution in [0.5, 0.6) is 5.75 Å². The molecule has 3 aromatic rings. The van der Waals surface area contributed by atoms with E-state index in [1.807, 2.05) is 41.4 Å². The van der Waals surface area contributed by atoms with E-state index < -0.39 is 11.6 Å². The van der Waals surface area contributed by atoms with E-state index in [2.05, 4.69) is 10.2 Å². The van der Waals surface area contributed by atoms with Crippen LogP contribution in [0, 0.1) is 11.8 Å². The van der Waals surface area contributed by atoms with E-state index in [0.29, 0.717) is 24.9 Å². The lowest BCUT2D eigenvalue weighted by Crippen LogP contribution is -2.35. The number of likely N-dealkylation sites (tertiary alicyclic amines) is 1. The van der Waals surface area contributed by atoms with Crippen LogP contribution in [0.2, 0.25) is 0 Å². The Labute approximate surface area is 198 Å². The molecule has 5 rings (SSSR count). The molecule has 9 heteroatoms. The van der Waals surface area contributed by atoms with Crippen molar-refractivity contribution in [1.29, 1.82) is 0 Å². The summed E-state index contributed by atoms with van der Waals surface area (Å²) in [6, 6.07) is 11.1. The van der Waals surface area contributed by atoms with Crippen molar-refractivity contribution in [3.8, 4) is 11.4 Å². The van der Waals surface area contributed by atoms with E-state index in [9.17, 15) is 9.59 Å². The molecule has 1 aliphatic heterocycles. The first-order chi connectivity index (χ1) is 16.3. The summed E-state index contributed by atoms with van der Waals surface area (Å²) in [5.41, 5.74) is 0.433. The van der Waals surface area contributed by atoms with Crippen molar-refractivity contribution in [3.05, 3.63) is 60.7 Å². The molecular formula is C25H29N5O4. The van der Waals surface area contributed by atoms with Gasteiger partial charge in [0.15, 0.2) is 5.69 Å². The van der Waals surface area contributed by atoms with Crippen LogP contribution in [-0.4, -0.2) is 61.3 Å². The molecule has 2 fully saturated rings. The predicted octanol–water partition coefficient (Wildman–Crippen LogP) is 3.78. The second kappa shape index (κ2) is 8.62. The molecule has 1 aliphatic carbocycles. The first-order valence-electron chi connectivity index (χ1n) is 11.6. The van der Waals surface area contributed by atoms with E-state index in [0.717, 1.165) is 24.3 Å². The summed E-state index contributed by atoms with van der Waals surface area (Å²) in [6.45, 7) is 6.70. The molecule has 0 spiro atoms. The van der Waals surface area contributed by atoms with Gasteiger partial charge in [0.2, 0.25) is 0 Å². The smallest absolute Gasteiger partial charge is 0.359 e. The molecule has 2 atom stereocenters. The molecule has 0 bridgehead atoms. The Morgan fingerprint density at radius 3 is 2.41 bits per heavy atom. The first kappa shape index (κ1) is 22.2. The zero-order chi connectivity index (χ0) is 23.9. The van der Waals surface area contributed by atoms with Crippen molar-refractivity contribution in [3.63, 3.8) is 0 Å². The van der Waals surface area contributed by atoms with Crippen LogP contribution < -0.4 is 4.74 Å². The second-order valence-corrected chi connectivity index (χ2v) is 9.98. The lowest BCUT2D eigenvalue weighted by molar-refractivity contribution is 0.00623. The zero-order valence-electron chi connectivity index (χ0n) is 19.6. The monoisotopic (exact) mass is 463 g/mol. The summed E-state index contributed by atoms with van der Waals surface area (Å²) in [6.07, 6.45) is 7.06. The van der Waals surface area contributed by atoms with Gasteiger partial charge < -0.3 is 14.4 Å². The van der Waals surface area contributed by atoms with Crippen molar-refractivity contribution < 1.29 is 19.1 Å². The van der Waals surface area contributed by atoms with E-state index in [1.165, 1.54) is 16.9 Å². The number of esters is 1. The van der Waals surface area contributed by atoms with Crippen LogP contribution >= 0.6 is 0 Å². The number of hydrogen-bond acceptors (Lipinski definition) is 6. The largest absolute Gasteiger partial charge is 0.488 e. The number of amides is 1. The summed E-state index contributed by atoms with van der Waals surface area (Å²) in [5.74, 6) is 1.04. The van der Waals surface area contributed by atoms with Gasteiger partial charge in [-0.2, -0.15) is 14.9 Å². The number of nitrogens with zero attached hydrogens (tertiary/aromatic N) is 5. The zero-order valence-corrected chi connectivity index (χ0v) is 19.6. The van der Waals surface area contributed by atoms with E-state index in [4.69, 9.17) is 9.47 Å². The van der Waals surface area contributed by atoms with Crippen molar-refractivity contribution in [2.45, 2.75) is 45.3 Å². The minimum atomic E-state index is -0.616. The van der Waals surface area contributed by atoms with Gasteiger partial charge in [-0.05, 0) is 69.7 Å². The third-order valence-corrected chi connectivity index (χ3v) is 6.28. The number of carbonyl (C=O) groups excluding carboxylic acids is 2. The Morgan fingerprint density at radius 2 is 1.74 bits per heavy atom. The average molecular weight is 464 g/mol. The highest BCUT2D eigenvalue weighted by atomic mass is 16.6. The summed E-state index contributed by atoms with van der Waals surface area (Å²) in [4.78, 5) is 27.0. The summed E-state index contributed by atoms with van der Waals surface area (Å²) in [5, 5.41) is 8.48. The summed E-state index contributed by atoms with van der Waals surface area (Å²) < 4.78 is 14.8. The highest BCUT2D eigenvalue weighted by Gasteiger charge is 2.44. The lowest BCUT2D eigenvalue weighted by atomic mass is 10.0. The average Bonchev–Trinajstić information content (AvgIpc) is 3.55. The maximum atomic E-state index is 13.0. The number of para-hydroxylation sites is 2. The van der Waals surface area contributed by atoms with Crippen molar-refractivity contribution in [2.24, 2.45) is 11.8 Å². The van der Waals surface area contributed by atoms with Crippen LogP contribution in [0.1, 0.15) is 44.1 Å². The fourth-order valence-electron chi connectivity index (χ4n) is 4.85. The lowest BCUT2D eigenvalue weighted by Gasteiger charge is -2.21. The van der Waals surface area contributed by atoms with Gasteiger partial charge >= 0.3 is 12.0 Å². The van der Waals surface area contributed by atoms with Gasteiger partial charge in [-0.25, -0.2) is 14.3 Å². The van der Waals surface area contributed by atoms with Gasteiger partial charge in [-0.1, -0.05) is 12.1 Å². The highest BCUT2D eigenvalue weighted by molar-refractivity contribution is 5.88. The van der Waals surface area contributed by atoms with E-state index in [-0.39, 0.29) is 17.8 Å². The maximum Gasteiger partial charge on any atom is 0.359 e. The molecule has 1 amide bonds. The minimum absolute atomic E-state index is 0.104. The van der Waals surface area contributed by atoms with Gasteiger partial charge in [0.05, 0.1) is 6.10 Å². The van der Waals surface area contributed by atoms with Crippen molar-refractivity contribution in [2.75, 3.05) is 13.1 Å². The van der Waals surface area contributed by atoms with Crippen molar-refractivity contribution >= 4 is 12.0 Å². The van der Waals surface area contributed by atoms with E-state index in [1.54, 1.807) is 31.6 Å². The Morgan fingerprint density at radius 1 is 1.00 bits per heavy atom. The van der Waals surface area contributed by atoms with E-state index >= 15 is 0 Å². The number of fused-ring (bicyclic) bond motifs is 1. The molecule has 9 nitrogen and oxygen atoms in total. The van der Waals surface area contributed by atoms with Crippen LogP contribution in [0.25, 0.3) is 5.69 Å². The second-order valence-electron chi connectivity index (χ2n) is 9.98. The topological polar surface area (TPSA) is 91.5 Å². The van der Waals surface area contributed by atoms with Crippen LogP contribution in [0.3, 0.4) is 0 Å². The molecule has 3 heterocycles. The summed E-state index contributed by atoms with van der Waals surface area (Å²) >= 11 is 0. The quantitative estimate of drug-likeness (QED) is 0.547. The molecule has 0 unspecified atom stereocenters. The SMILES string of the molecule is CC(C)(C)OC(=O)c1ccn(C(=O)N2C[C@H]3CC(Oc4ccccc4-n4cccn4)C[C@@H]3C2)n1. The third-order valence-electron chi connectivity index (χ3n) is 6.28. The molecule has 0 N–H and O–H groups in total. The van der Waals surface area contributed by atoms with Crippen molar-refractivity contribution in [1.82, 2.24) is 24.5 Å². The van der Waals surface area contributed by atoms with Gasteiger partial charge in [-0.15, -0.1) is 0 Å². The highest BCUT2D eigenvalue weighted by Crippen LogP contribution is 2.40.